The molecule has 1 aromatic heterocycles. The number of aromatic nitrogens is 1. The highest BCUT2D eigenvalue weighted by molar-refractivity contribution is 7.09. The average Bonchev–Trinajstić information content (AvgIpc) is 3.13. The second-order valence-corrected chi connectivity index (χ2v) is 7.31. The number of fused-ring (bicyclic) bond motifs is 1. The molecular formula is C18H21N3O2S. The molecule has 1 fully saturated rings. The molecule has 4 rings (SSSR count). The molecular weight excluding hydrogens is 322 g/mol. The van der Waals surface area contributed by atoms with E-state index in [1.807, 2.05) is 18.6 Å². The van der Waals surface area contributed by atoms with Crippen molar-refractivity contribution >= 4 is 22.9 Å². The Labute approximate surface area is 145 Å². The number of amides is 1. The summed E-state index contributed by atoms with van der Waals surface area (Å²) in [5, 5.41) is 3.06. The minimum Gasteiger partial charge on any atom is -0.368 e. The van der Waals surface area contributed by atoms with Gasteiger partial charge >= 0.3 is 0 Å². The van der Waals surface area contributed by atoms with E-state index in [0.717, 1.165) is 43.4 Å². The Balaban J connectivity index is 1.46. The SMILES string of the molecule is CN1C(=O)CCc2cc(CN3CCO[C@@H](c4nccs4)C3)ccc21. The van der Waals surface area contributed by atoms with E-state index in [-0.39, 0.29) is 12.0 Å². The maximum atomic E-state index is 11.8. The predicted molar refractivity (Wildman–Crippen MR) is 94.3 cm³/mol. The van der Waals surface area contributed by atoms with Gasteiger partial charge < -0.3 is 9.64 Å². The first-order valence-corrected chi connectivity index (χ1v) is 9.20. The minimum absolute atomic E-state index is 0.0835. The summed E-state index contributed by atoms with van der Waals surface area (Å²) in [6, 6.07) is 6.48. The van der Waals surface area contributed by atoms with E-state index >= 15 is 0 Å². The van der Waals surface area contributed by atoms with Crippen molar-refractivity contribution in [1.82, 2.24) is 9.88 Å². The number of hydrogen-bond acceptors (Lipinski definition) is 5. The molecule has 24 heavy (non-hydrogen) atoms. The fourth-order valence-corrected chi connectivity index (χ4v) is 4.13. The molecule has 2 aromatic rings. The molecule has 6 heteroatoms. The molecule has 0 saturated carbocycles. The third-order valence-electron chi connectivity index (χ3n) is 4.77. The van der Waals surface area contributed by atoms with Crippen molar-refractivity contribution in [2.24, 2.45) is 0 Å². The summed E-state index contributed by atoms with van der Waals surface area (Å²) < 4.78 is 5.87. The molecule has 0 aliphatic carbocycles. The standard InChI is InChI=1S/C18H21N3O2S/c1-20-15-4-2-13(10-14(15)3-5-17(20)22)11-21-7-8-23-16(12-21)18-19-6-9-24-18/h2,4,6,9-10,16H,3,5,7-8,11-12H2,1H3/t16-/m1/s1. The number of anilines is 1. The zero-order chi connectivity index (χ0) is 16.5. The fourth-order valence-electron chi connectivity index (χ4n) is 3.46. The van der Waals surface area contributed by atoms with E-state index in [1.54, 1.807) is 16.2 Å². The topological polar surface area (TPSA) is 45.7 Å². The van der Waals surface area contributed by atoms with Gasteiger partial charge in [0.15, 0.2) is 0 Å². The summed E-state index contributed by atoms with van der Waals surface area (Å²) in [4.78, 5) is 20.4. The highest BCUT2D eigenvalue weighted by Crippen LogP contribution is 2.29. The molecule has 0 bridgehead atoms. The van der Waals surface area contributed by atoms with Crippen LogP contribution in [0, 0.1) is 0 Å². The monoisotopic (exact) mass is 343 g/mol. The van der Waals surface area contributed by atoms with Crippen LogP contribution in [0.3, 0.4) is 0 Å². The number of hydrogen-bond donors (Lipinski definition) is 0. The number of benzene rings is 1. The molecule has 5 nitrogen and oxygen atoms in total. The lowest BCUT2D eigenvalue weighted by molar-refractivity contribution is -0.118. The van der Waals surface area contributed by atoms with Gasteiger partial charge in [0.2, 0.25) is 5.91 Å². The molecule has 1 amide bonds. The molecule has 2 aliphatic heterocycles. The summed E-state index contributed by atoms with van der Waals surface area (Å²) in [5.74, 6) is 0.203. The molecule has 3 heterocycles. The van der Waals surface area contributed by atoms with E-state index in [1.165, 1.54) is 11.1 Å². The van der Waals surface area contributed by atoms with Crippen LogP contribution in [0.1, 0.15) is 28.7 Å². The second-order valence-electron chi connectivity index (χ2n) is 6.38. The minimum atomic E-state index is 0.0835. The molecule has 0 N–H and O–H groups in total. The number of carbonyl (C=O) groups excluding carboxylic acids is 1. The van der Waals surface area contributed by atoms with Gasteiger partial charge in [-0.3, -0.25) is 9.69 Å². The van der Waals surface area contributed by atoms with Crippen LogP contribution >= 0.6 is 11.3 Å². The highest BCUT2D eigenvalue weighted by Gasteiger charge is 2.25. The summed E-state index contributed by atoms with van der Waals surface area (Å²) in [7, 11) is 1.86. The number of aryl methyl sites for hydroxylation is 1. The number of nitrogens with zero attached hydrogens (tertiary/aromatic N) is 3. The van der Waals surface area contributed by atoms with Gasteiger partial charge in [0, 0.05) is 50.4 Å². The molecule has 1 saturated heterocycles. The van der Waals surface area contributed by atoms with Crippen LogP contribution in [0.5, 0.6) is 0 Å². The summed E-state index contributed by atoms with van der Waals surface area (Å²) >= 11 is 1.66. The van der Waals surface area contributed by atoms with Crippen LogP contribution in [0.25, 0.3) is 0 Å². The Kier molecular flexibility index (Phi) is 4.35. The van der Waals surface area contributed by atoms with Gasteiger partial charge in [0.25, 0.3) is 0 Å². The van der Waals surface area contributed by atoms with Crippen molar-refractivity contribution in [2.45, 2.75) is 25.5 Å². The zero-order valence-corrected chi connectivity index (χ0v) is 14.6. The quantitative estimate of drug-likeness (QED) is 0.859. The van der Waals surface area contributed by atoms with E-state index in [0.29, 0.717) is 6.42 Å². The summed E-state index contributed by atoms with van der Waals surface area (Å²) in [6.45, 7) is 3.48. The van der Waals surface area contributed by atoms with Crippen molar-refractivity contribution in [3.8, 4) is 0 Å². The number of rotatable bonds is 3. The Morgan fingerprint density at radius 2 is 2.29 bits per heavy atom. The maximum absolute atomic E-state index is 11.8. The Morgan fingerprint density at radius 1 is 1.38 bits per heavy atom. The van der Waals surface area contributed by atoms with E-state index in [4.69, 9.17) is 4.74 Å². The third kappa shape index (κ3) is 3.09. The predicted octanol–water partition coefficient (Wildman–Crippen LogP) is 2.63. The molecule has 1 atom stereocenters. The van der Waals surface area contributed by atoms with Crippen LogP contribution in [-0.2, 0) is 22.5 Å². The van der Waals surface area contributed by atoms with E-state index in [2.05, 4.69) is 28.1 Å². The number of morpholine rings is 1. The average molecular weight is 343 g/mol. The van der Waals surface area contributed by atoms with Gasteiger partial charge in [-0.15, -0.1) is 11.3 Å². The van der Waals surface area contributed by atoms with E-state index < -0.39 is 0 Å². The first-order valence-electron chi connectivity index (χ1n) is 8.32. The normalized spacial score (nSPS) is 21.8. The third-order valence-corrected chi connectivity index (χ3v) is 5.64. The van der Waals surface area contributed by atoms with Crippen molar-refractivity contribution in [3.63, 3.8) is 0 Å². The van der Waals surface area contributed by atoms with Crippen LogP contribution in [0.2, 0.25) is 0 Å². The molecule has 0 spiro atoms. The van der Waals surface area contributed by atoms with Gasteiger partial charge in [-0.2, -0.15) is 0 Å². The lowest BCUT2D eigenvalue weighted by Gasteiger charge is -2.32. The van der Waals surface area contributed by atoms with Crippen molar-refractivity contribution in [1.29, 1.82) is 0 Å². The van der Waals surface area contributed by atoms with Crippen LogP contribution in [0.15, 0.2) is 29.8 Å². The first kappa shape index (κ1) is 15.7. The van der Waals surface area contributed by atoms with Crippen LogP contribution in [-0.4, -0.2) is 42.5 Å². The second kappa shape index (κ2) is 6.63. The van der Waals surface area contributed by atoms with Crippen LogP contribution < -0.4 is 4.90 Å². The lowest BCUT2D eigenvalue weighted by Crippen LogP contribution is -2.38. The lowest BCUT2D eigenvalue weighted by atomic mass is 9.99. The molecule has 2 aliphatic rings. The Bertz CT molecular complexity index is 732. The largest absolute Gasteiger partial charge is 0.368 e. The number of thiazole rings is 1. The van der Waals surface area contributed by atoms with Crippen molar-refractivity contribution < 1.29 is 9.53 Å². The van der Waals surface area contributed by atoms with Gasteiger partial charge in [-0.05, 0) is 23.6 Å². The van der Waals surface area contributed by atoms with Gasteiger partial charge in [-0.25, -0.2) is 4.98 Å². The van der Waals surface area contributed by atoms with Gasteiger partial charge in [-0.1, -0.05) is 12.1 Å². The number of ether oxygens (including phenoxy) is 1. The van der Waals surface area contributed by atoms with Gasteiger partial charge in [0.05, 0.1) is 6.61 Å². The molecule has 126 valence electrons. The molecule has 1 aromatic carbocycles. The fraction of sp³-hybridized carbons (Fsp3) is 0.444. The van der Waals surface area contributed by atoms with Gasteiger partial charge in [0.1, 0.15) is 11.1 Å². The summed E-state index contributed by atoms with van der Waals surface area (Å²) in [6.07, 6.45) is 3.37. The smallest absolute Gasteiger partial charge is 0.227 e. The number of carbonyl (C=O) groups is 1. The van der Waals surface area contributed by atoms with Crippen LogP contribution in [0.4, 0.5) is 5.69 Å². The van der Waals surface area contributed by atoms with Crippen molar-refractivity contribution in [2.75, 3.05) is 31.6 Å². The Hall–Kier alpha value is -1.76. The Morgan fingerprint density at radius 3 is 3.12 bits per heavy atom. The van der Waals surface area contributed by atoms with E-state index in [9.17, 15) is 4.79 Å². The highest BCUT2D eigenvalue weighted by atomic mass is 32.1. The first-order chi connectivity index (χ1) is 11.7. The molecule has 0 unspecified atom stereocenters. The maximum Gasteiger partial charge on any atom is 0.227 e. The van der Waals surface area contributed by atoms with Crippen molar-refractivity contribution in [3.05, 3.63) is 45.9 Å². The zero-order valence-electron chi connectivity index (χ0n) is 13.8. The molecule has 0 radical (unpaired) electrons. The summed E-state index contributed by atoms with van der Waals surface area (Å²) in [5.41, 5.74) is 3.63.